The molecule has 1 aromatic rings. The van der Waals surface area contributed by atoms with Crippen molar-refractivity contribution in [2.24, 2.45) is 0 Å². The van der Waals surface area contributed by atoms with Crippen molar-refractivity contribution < 1.29 is 9.13 Å². The Morgan fingerprint density at radius 2 is 2.00 bits per heavy atom. The van der Waals surface area contributed by atoms with Crippen LogP contribution in [-0.4, -0.2) is 6.61 Å². The second-order valence-corrected chi connectivity index (χ2v) is 4.75. The van der Waals surface area contributed by atoms with E-state index in [1.54, 1.807) is 12.1 Å². The van der Waals surface area contributed by atoms with Crippen LogP contribution in [0.3, 0.4) is 0 Å². The van der Waals surface area contributed by atoms with Crippen LogP contribution in [-0.2, 0) is 0 Å². The van der Waals surface area contributed by atoms with E-state index in [2.05, 4.69) is 32.9 Å². The molecule has 0 N–H and O–H groups in total. The molecule has 0 aromatic heterocycles. The van der Waals surface area contributed by atoms with Crippen molar-refractivity contribution in [2.45, 2.75) is 52.4 Å². The highest BCUT2D eigenvalue weighted by Crippen LogP contribution is 2.32. The Morgan fingerprint density at radius 3 is 2.63 bits per heavy atom. The molecule has 0 aliphatic carbocycles. The Bertz CT molecular complexity index is 398. The molecule has 0 fully saturated rings. The van der Waals surface area contributed by atoms with Gasteiger partial charge in [-0.25, -0.2) is 4.39 Å². The smallest absolute Gasteiger partial charge is 0.123 e. The lowest BCUT2D eigenvalue weighted by Crippen LogP contribution is -2.04. The number of rotatable bonds is 8. The molecule has 0 spiro atoms. The molecule has 0 amide bonds. The van der Waals surface area contributed by atoms with Gasteiger partial charge in [0.2, 0.25) is 0 Å². The average Bonchev–Trinajstić information content (AvgIpc) is 2.42. The molecule has 2 heteroatoms. The van der Waals surface area contributed by atoms with E-state index in [0.29, 0.717) is 12.5 Å². The normalized spacial score (nSPS) is 12.8. The molecule has 1 unspecified atom stereocenters. The summed E-state index contributed by atoms with van der Waals surface area (Å²) in [6.07, 6.45) is 8.27. The van der Waals surface area contributed by atoms with E-state index in [1.165, 1.54) is 6.07 Å². The van der Waals surface area contributed by atoms with Crippen LogP contribution in [0.1, 0.15) is 57.9 Å². The minimum absolute atomic E-state index is 0.184. The maximum Gasteiger partial charge on any atom is 0.123 e. The van der Waals surface area contributed by atoms with Crippen LogP contribution in [0.2, 0.25) is 0 Å². The summed E-state index contributed by atoms with van der Waals surface area (Å²) in [7, 11) is 0. The van der Waals surface area contributed by atoms with Crippen LogP contribution in [0.15, 0.2) is 30.4 Å². The van der Waals surface area contributed by atoms with Gasteiger partial charge in [0.15, 0.2) is 0 Å². The van der Waals surface area contributed by atoms with Gasteiger partial charge in [-0.2, -0.15) is 0 Å². The number of allylic oxidation sites excluding steroid dienone is 2. The van der Waals surface area contributed by atoms with Crippen LogP contribution < -0.4 is 4.74 Å². The van der Waals surface area contributed by atoms with E-state index in [-0.39, 0.29) is 5.82 Å². The predicted molar refractivity (Wildman–Crippen MR) is 79.3 cm³/mol. The Labute approximate surface area is 116 Å². The average molecular weight is 264 g/mol. The molecule has 106 valence electrons. The quantitative estimate of drug-likeness (QED) is 0.566. The minimum atomic E-state index is -0.184. The first-order valence-corrected chi connectivity index (χ1v) is 7.30. The Hall–Kier alpha value is -1.31. The molecule has 0 aliphatic heterocycles. The molecule has 19 heavy (non-hydrogen) atoms. The summed E-state index contributed by atoms with van der Waals surface area (Å²) in [5, 5.41) is 0. The monoisotopic (exact) mass is 264 g/mol. The zero-order valence-corrected chi connectivity index (χ0v) is 12.3. The van der Waals surface area contributed by atoms with Gasteiger partial charge >= 0.3 is 0 Å². The van der Waals surface area contributed by atoms with Gasteiger partial charge in [-0.05, 0) is 49.8 Å². The SMILES string of the molecule is CC/C=C\CC(CC)c1cc(F)ccc1OCCC. The first-order chi connectivity index (χ1) is 9.22. The van der Waals surface area contributed by atoms with Gasteiger partial charge in [-0.15, -0.1) is 0 Å². The maximum atomic E-state index is 13.5. The number of benzene rings is 1. The molecule has 1 aromatic carbocycles. The van der Waals surface area contributed by atoms with Crippen LogP contribution in [0, 0.1) is 5.82 Å². The van der Waals surface area contributed by atoms with E-state index in [0.717, 1.165) is 37.0 Å². The third-order valence-electron chi connectivity index (χ3n) is 3.19. The van der Waals surface area contributed by atoms with Gasteiger partial charge in [-0.3, -0.25) is 0 Å². The molecular formula is C17H25FO. The number of halogens is 1. The fraction of sp³-hybridized carbons (Fsp3) is 0.529. The molecule has 0 heterocycles. The highest BCUT2D eigenvalue weighted by atomic mass is 19.1. The number of ether oxygens (including phenoxy) is 1. The van der Waals surface area contributed by atoms with Crippen molar-refractivity contribution in [3.63, 3.8) is 0 Å². The Morgan fingerprint density at radius 1 is 1.21 bits per heavy atom. The molecule has 0 radical (unpaired) electrons. The topological polar surface area (TPSA) is 9.23 Å². The van der Waals surface area contributed by atoms with Gasteiger partial charge in [0.25, 0.3) is 0 Å². The van der Waals surface area contributed by atoms with Crippen LogP contribution in [0.5, 0.6) is 5.75 Å². The molecule has 1 nitrogen and oxygen atoms in total. The van der Waals surface area contributed by atoms with Gasteiger partial charge in [0.05, 0.1) is 6.61 Å². The zero-order valence-electron chi connectivity index (χ0n) is 12.3. The van der Waals surface area contributed by atoms with Gasteiger partial charge in [0.1, 0.15) is 11.6 Å². The van der Waals surface area contributed by atoms with Gasteiger partial charge < -0.3 is 4.74 Å². The van der Waals surface area contributed by atoms with Crippen molar-refractivity contribution in [1.29, 1.82) is 0 Å². The van der Waals surface area contributed by atoms with Crippen molar-refractivity contribution in [1.82, 2.24) is 0 Å². The highest BCUT2D eigenvalue weighted by molar-refractivity contribution is 5.37. The largest absolute Gasteiger partial charge is 0.493 e. The number of hydrogen-bond donors (Lipinski definition) is 0. The number of hydrogen-bond acceptors (Lipinski definition) is 1. The molecule has 1 atom stereocenters. The molecule has 0 bridgehead atoms. The second kappa shape index (κ2) is 8.73. The summed E-state index contributed by atoms with van der Waals surface area (Å²) < 4.78 is 19.2. The van der Waals surface area contributed by atoms with Gasteiger partial charge in [-0.1, -0.05) is 32.9 Å². The summed E-state index contributed by atoms with van der Waals surface area (Å²) >= 11 is 0. The molecule has 0 aliphatic rings. The molecule has 0 saturated carbocycles. The fourth-order valence-electron chi connectivity index (χ4n) is 2.12. The molecular weight excluding hydrogens is 239 g/mol. The maximum absolute atomic E-state index is 13.5. The summed E-state index contributed by atoms with van der Waals surface area (Å²) in [6, 6.07) is 4.86. The lowest BCUT2D eigenvalue weighted by Gasteiger charge is -2.18. The van der Waals surface area contributed by atoms with Crippen molar-refractivity contribution in [3.05, 3.63) is 41.7 Å². The third kappa shape index (κ3) is 5.06. The van der Waals surface area contributed by atoms with E-state index < -0.39 is 0 Å². The van der Waals surface area contributed by atoms with Gasteiger partial charge in [0, 0.05) is 5.56 Å². The molecule has 1 rings (SSSR count). The lowest BCUT2D eigenvalue weighted by molar-refractivity contribution is 0.311. The summed E-state index contributed by atoms with van der Waals surface area (Å²) in [5.41, 5.74) is 0.997. The van der Waals surface area contributed by atoms with E-state index in [9.17, 15) is 4.39 Å². The predicted octanol–water partition coefficient (Wildman–Crippen LogP) is 5.46. The van der Waals surface area contributed by atoms with Crippen LogP contribution in [0.4, 0.5) is 4.39 Å². The van der Waals surface area contributed by atoms with Crippen LogP contribution >= 0.6 is 0 Å². The lowest BCUT2D eigenvalue weighted by atomic mass is 9.92. The molecule has 0 saturated heterocycles. The second-order valence-electron chi connectivity index (χ2n) is 4.75. The van der Waals surface area contributed by atoms with E-state index in [4.69, 9.17) is 4.74 Å². The van der Waals surface area contributed by atoms with Crippen molar-refractivity contribution >= 4 is 0 Å². The summed E-state index contributed by atoms with van der Waals surface area (Å²) in [4.78, 5) is 0. The first kappa shape index (κ1) is 15.7. The van der Waals surface area contributed by atoms with E-state index >= 15 is 0 Å². The van der Waals surface area contributed by atoms with Crippen molar-refractivity contribution in [3.8, 4) is 5.75 Å². The first-order valence-electron chi connectivity index (χ1n) is 7.30. The summed E-state index contributed by atoms with van der Waals surface area (Å²) in [5.74, 6) is 0.974. The van der Waals surface area contributed by atoms with Crippen molar-refractivity contribution in [2.75, 3.05) is 6.61 Å². The minimum Gasteiger partial charge on any atom is -0.493 e. The Kier molecular flexibility index (Phi) is 7.24. The van der Waals surface area contributed by atoms with E-state index in [1.807, 2.05) is 0 Å². The fourth-order valence-corrected chi connectivity index (χ4v) is 2.12. The standard InChI is InChI=1S/C17H25FO/c1-4-7-8-9-14(6-3)16-13-15(18)10-11-17(16)19-12-5-2/h7-8,10-11,13-14H,4-6,9,12H2,1-3H3/b8-7-. The van der Waals surface area contributed by atoms with Crippen LogP contribution in [0.25, 0.3) is 0 Å². The highest BCUT2D eigenvalue weighted by Gasteiger charge is 2.14. The Balaban J connectivity index is 2.92. The third-order valence-corrected chi connectivity index (χ3v) is 3.19. The summed E-state index contributed by atoms with van der Waals surface area (Å²) in [6.45, 7) is 7.01. The zero-order chi connectivity index (χ0) is 14.1.